The van der Waals surface area contributed by atoms with Gasteiger partial charge < -0.3 is 15.1 Å². The Morgan fingerprint density at radius 1 is 1.10 bits per heavy atom. The molecule has 0 radical (unpaired) electrons. The average Bonchev–Trinajstić information content (AvgIpc) is 2.94. The number of rotatable bonds is 4. The van der Waals surface area contributed by atoms with Crippen LogP contribution in [0.25, 0.3) is 0 Å². The number of anilines is 1. The quantitative estimate of drug-likeness (QED) is 0.869. The van der Waals surface area contributed by atoms with Gasteiger partial charge in [0.25, 0.3) is 0 Å². The Hall–Kier alpha value is -2.73. The van der Waals surface area contributed by atoms with Crippen LogP contribution in [0.3, 0.4) is 0 Å². The predicted octanol–water partition coefficient (Wildman–Crippen LogP) is 2.58. The molecule has 1 N–H and O–H groups in total. The van der Waals surface area contributed by atoms with E-state index in [0.29, 0.717) is 25.9 Å². The number of pyridine rings is 1. The third-order valence-electron chi connectivity index (χ3n) is 6.50. The van der Waals surface area contributed by atoms with Crippen molar-refractivity contribution in [3.8, 4) is 0 Å². The summed E-state index contributed by atoms with van der Waals surface area (Å²) in [6.45, 7) is 2.22. The first kappa shape index (κ1) is 19.6. The van der Waals surface area contributed by atoms with E-state index in [1.165, 1.54) is 0 Å². The van der Waals surface area contributed by atoms with E-state index in [1.807, 2.05) is 47.4 Å². The molecular weight excluding hydrogens is 364 g/mol. The lowest BCUT2D eigenvalue weighted by Gasteiger charge is -2.34. The van der Waals surface area contributed by atoms with Gasteiger partial charge in [0.15, 0.2) is 0 Å². The van der Waals surface area contributed by atoms with Crippen LogP contribution in [-0.2, 0) is 16.0 Å². The van der Waals surface area contributed by atoms with Crippen molar-refractivity contribution in [3.63, 3.8) is 0 Å². The summed E-state index contributed by atoms with van der Waals surface area (Å²) in [5, 5.41) is 3.07. The first-order valence-corrected chi connectivity index (χ1v) is 10.3. The summed E-state index contributed by atoms with van der Waals surface area (Å²) in [6, 6.07) is 13.7. The van der Waals surface area contributed by atoms with Gasteiger partial charge in [0.05, 0.1) is 23.7 Å². The van der Waals surface area contributed by atoms with Crippen LogP contribution >= 0.6 is 0 Å². The zero-order valence-corrected chi connectivity index (χ0v) is 16.9. The van der Waals surface area contributed by atoms with Crippen molar-refractivity contribution in [1.82, 2.24) is 14.8 Å². The zero-order chi connectivity index (χ0) is 20.3. The molecule has 2 aliphatic rings. The summed E-state index contributed by atoms with van der Waals surface area (Å²) >= 11 is 0. The lowest BCUT2D eigenvalue weighted by molar-refractivity contribution is -0.131. The molecule has 2 atom stereocenters. The van der Waals surface area contributed by atoms with Gasteiger partial charge >= 0.3 is 0 Å². The maximum absolute atomic E-state index is 13.4. The van der Waals surface area contributed by atoms with Gasteiger partial charge in [-0.1, -0.05) is 30.3 Å². The molecule has 4 rings (SSSR count). The summed E-state index contributed by atoms with van der Waals surface area (Å²) < 4.78 is 0. The van der Waals surface area contributed by atoms with Crippen molar-refractivity contribution >= 4 is 17.5 Å². The highest BCUT2D eigenvalue weighted by Crippen LogP contribution is 2.44. The average molecular weight is 393 g/mol. The second-order valence-corrected chi connectivity index (χ2v) is 8.18. The molecule has 0 saturated carbocycles. The highest BCUT2D eigenvalue weighted by atomic mass is 16.2. The summed E-state index contributed by atoms with van der Waals surface area (Å²) in [5.74, 6) is 0.193. The Morgan fingerprint density at radius 3 is 2.66 bits per heavy atom. The van der Waals surface area contributed by atoms with E-state index in [0.717, 1.165) is 30.6 Å². The first-order chi connectivity index (χ1) is 14.1. The standard InChI is InChI=1S/C23H28N4O2/c1-26-14-10-23(22(29)25-19-8-5-12-24-17-19)11-15-27(13-9-20(23)26)21(28)16-18-6-3-2-4-7-18/h2-8,12,17,20H,9-11,13-16H2,1H3,(H,25,29)/t20-,23-/m0/s1. The van der Waals surface area contributed by atoms with Gasteiger partial charge in [0, 0.05) is 25.3 Å². The van der Waals surface area contributed by atoms with Gasteiger partial charge in [-0.05, 0) is 50.6 Å². The summed E-state index contributed by atoms with van der Waals surface area (Å²) in [7, 11) is 2.09. The maximum atomic E-state index is 13.4. The maximum Gasteiger partial charge on any atom is 0.232 e. The molecule has 29 heavy (non-hydrogen) atoms. The van der Waals surface area contributed by atoms with Crippen molar-refractivity contribution in [3.05, 3.63) is 60.4 Å². The first-order valence-electron chi connectivity index (χ1n) is 10.3. The minimum Gasteiger partial charge on any atom is -0.342 e. The van der Waals surface area contributed by atoms with Crippen LogP contribution in [0.1, 0.15) is 24.8 Å². The summed E-state index contributed by atoms with van der Waals surface area (Å²) in [4.78, 5) is 34.6. The molecule has 0 unspecified atom stereocenters. The van der Waals surface area contributed by atoms with E-state index in [4.69, 9.17) is 0 Å². The van der Waals surface area contributed by atoms with Gasteiger partial charge in [-0.3, -0.25) is 14.6 Å². The largest absolute Gasteiger partial charge is 0.342 e. The normalized spacial score (nSPS) is 24.6. The molecule has 6 heteroatoms. The molecule has 2 amide bonds. The number of hydrogen-bond donors (Lipinski definition) is 1. The summed E-state index contributed by atoms with van der Waals surface area (Å²) in [6.07, 6.45) is 6.11. The van der Waals surface area contributed by atoms with Crippen LogP contribution < -0.4 is 5.32 Å². The van der Waals surface area contributed by atoms with E-state index < -0.39 is 5.41 Å². The second kappa shape index (κ2) is 8.33. The number of likely N-dealkylation sites (tertiary alicyclic amines) is 2. The predicted molar refractivity (Wildman–Crippen MR) is 112 cm³/mol. The molecule has 2 fully saturated rings. The lowest BCUT2D eigenvalue weighted by atomic mass is 9.75. The zero-order valence-electron chi connectivity index (χ0n) is 16.9. The molecule has 6 nitrogen and oxygen atoms in total. The van der Waals surface area contributed by atoms with Crippen LogP contribution in [-0.4, -0.2) is 59.3 Å². The highest BCUT2D eigenvalue weighted by Gasteiger charge is 2.52. The van der Waals surface area contributed by atoms with Gasteiger partial charge in [-0.25, -0.2) is 0 Å². The summed E-state index contributed by atoms with van der Waals surface area (Å²) in [5.41, 5.74) is 1.29. The number of fused-ring (bicyclic) bond motifs is 1. The third kappa shape index (κ3) is 4.03. The molecule has 2 aliphatic heterocycles. The molecule has 0 aliphatic carbocycles. The molecule has 0 spiro atoms. The van der Waals surface area contributed by atoms with E-state index in [9.17, 15) is 9.59 Å². The number of nitrogens with zero attached hydrogens (tertiary/aromatic N) is 3. The molecule has 2 aromatic rings. The van der Waals surface area contributed by atoms with Crippen LogP contribution in [0, 0.1) is 5.41 Å². The Morgan fingerprint density at radius 2 is 1.90 bits per heavy atom. The van der Waals surface area contributed by atoms with Crippen LogP contribution in [0.4, 0.5) is 5.69 Å². The minimum absolute atomic E-state index is 0.0530. The van der Waals surface area contributed by atoms with Gasteiger partial charge in [0.2, 0.25) is 11.8 Å². The van der Waals surface area contributed by atoms with Crippen molar-refractivity contribution in [2.24, 2.45) is 5.41 Å². The van der Waals surface area contributed by atoms with E-state index >= 15 is 0 Å². The number of carbonyl (C=O) groups excluding carboxylic acids is 2. The lowest BCUT2D eigenvalue weighted by Crippen LogP contribution is -2.46. The fourth-order valence-electron chi connectivity index (χ4n) is 4.84. The number of hydrogen-bond acceptors (Lipinski definition) is 4. The molecule has 152 valence electrons. The van der Waals surface area contributed by atoms with Crippen molar-refractivity contribution in [2.75, 3.05) is 32.0 Å². The Bertz CT molecular complexity index is 858. The Labute approximate surface area is 171 Å². The number of carbonyl (C=O) groups is 2. The number of amides is 2. The van der Waals surface area contributed by atoms with E-state index in [-0.39, 0.29) is 17.9 Å². The Kier molecular flexibility index (Phi) is 5.62. The van der Waals surface area contributed by atoms with Crippen LogP contribution in [0.5, 0.6) is 0 Å². The van der Waals surface area contributed by atoms with Crippen molar-refractivity contribution in [2.45, 2.75) is 31.7 Å². The highest BCUT2D eigenvalue weighted by molar-refractivity contribution is 5.96. The van der Waals surface area contributed by atoms with Crippen molar-refractivity contribution in [1.29, 1.82) is 0 Å². The van der Waals surface area contributed by atoms with Gasteiger partial charge in [-0.15, -0.1) is 0 Å². The molecule has 3 heterocycles. The van der Waals surface area contributed by atoms with Gasteiger partial charge in [0.1, 0.15) is 0 Å². The van der Waals surface area contributed by atoms with Crippen LogP contribution in [0.2, 0.25) is 0 Å². The monoisotopic (exact) mass is 392 g/mol. The second-order valence-electron chi connectivity index (χ2n) is 8.18. The topological polar surface area (TPSA) is 65.5 Å². The fraction of sp³-hybridized carbons (Fsp3) is 0.435. The minimum atomic E-state index is -0.466. The number of aromatic nitrogens is 1. The smallest absolute Gasteiger partial charge is 0.232 e. The molecule has 2 saturated heterocycles. The SMILES string of the molecule is CN1CC[C@]2(C(=O)Nc3cccnc3)CCN(C(=O)Cc3ccccc3)CC[C@H]12. The number of benzene rings is 1. The van der Waals surface area contributed by atoms with E-state index in [2.05, 4.69) is 22.2 Å². The third-order valence-corrected chi connectivity index (χ3v) is 6.50. The van der Waals surface area contributed by atoms with Gasteiger partial charge in [-0.2, -0.15) is 0 Å². The fourth-order valence-corrected chi connectivity index (χ4v) is 4.84. The van der Waals surface area contributed by atoms with Crippen molar-refractivity contribution < 1.29 is 9.59 Å². The number of nitrogens with one attached hydrogen (secondary N) is 1. The van der Waals surface area contributed by atoms with Crippen LogP contribution in [0.15, 0.2) is 54.9 Å². The van der Waals surface area contributed by atoms with E-state index in [1.54, 1.807) is 12.4 Å². The molecule has 0 bridgehead atoms. The Balaban J connectivity index is 1.49. The molecular formula is C23H28N4O2. The molecule has 1 aromatic carbocycles. The molecule has 1 aromatic heterocycles.